The minimum Gasteiger partial charge on any atom is -0.493 e. The fourth-order valence-corrected chi connectivity index (χ4v) is 9.57. The molecule has 3 aromatic carbocycles. The van der Waals surface area contributed by atoms with Gasteiger partial charge in [0.25, 0.3) is 0 Å². The molecule has 0 N–H and O–H groups in total. The normalized spacial score (nSPS) is 19.4. The van der Waals surface area contributed by atoms with Gasteiger partial charge in [0.2, 0.25) is 5.69 Å². The average Bonchev–Trinajstić information content (AvgIpc) is 3.89. The second kappa shape index (κ2) is 17.1. The Morgan fingerprint density at radius 1 is 0.871 bits per heavy atom. The van der Waals surface area contributed by atoms with Gasteiger partial charge in [-0.25, -0.2) is 4.79 Å². The van der Waals surface area contributed by atoms with Gasteiger partial charge in [-0.15, -0.1) is 0 Å². The summed E-state index contributed by atoms with van der Waals surface area (Å²) in [7, 11) is 5.85. The van der Waals surface area contributed by atoms with Gasteiger partial charge in [0.1, 0.15) is 30.9 Å². The lowest BCUT2D eigenvalue weighted by Crippen LogP contribution is -2.49. The molecule has 0 radical (unpaired) electrons. The van der Waals surface area contributed by atoms with Gasteiger partial charge >= 0.3 is 12.0 Å². The number of piperazine rings is 1. The highest BCUT2D eigenvalue weighted by Crippen LogP contribution is 2.47. The first kappa shape index (κ1) is 42.1. The Morgan fingerprint density at radius 2 is 1.61 bits per heavy atom. The van der Waals surface area contributed by atoms with E-state index in [0.29, 0.717) is 43.4 Å². The second-order valence-electron chi connectivity index (χ2n) is 17.4. The lowest BCUT2D eigenvalue weighted by Gasteiger charge is -2.39. The van der Waals surface area contributed by atoms with E-state index in [-0.39, 0.29) is 36.0 Å². The van der Waals surface area contributed by atoms with Gasteiger partial charge < -0.3 is 33.3 Å². The number of carbonyl (C=O) groups is 1. The fourth-order valence-electron chi connectivity index (χ4n) is 9.57. The molecule has 4 heterocycles. The second-order valence-corrected chi connectivity index (χ2v) is 17.4. The highest BCUT2D eigenvalue weighted by atomic mass is 16.6. The highest BCUT2D eigenvalue weighted by molar-refractivity contribution is 6.03. The number of hydrogen-bond acceptors (Lipinski definition) is 9. The van der Waals surface area contributed by atoms with E-state index in [0.717, 1.165) is 24.8 Å². The van der Waals surface area contributed by atoms with Crippen LogP contribution in [0.25, 0.3) is 0 Å². The van der Waals surface area contributed by atoms with Crippen LogP contribution in [-0.4, -0.2) is 78.5 Å². The minimum absolute atomic E-state index is 0.0116. The Labute approximate surface area is 363 Å². The van der Waals surface area contributed by atoms with Crippen LogP contribution in [0, 0.1) is 10.1 Å². The van der Waals surface area contributed by atoms with Gasteiger partial charge in [0.15, 0.2) is 17.2 Å². The van der Waals surface area contributed by atoms with Gasteiger partial charge in [0.05, 0.1) is 18.6 Å². The zero-order valence-corrected chi connectivity index (χ0v) is 36.8. The molecule has 3 aliphatic heterocycles. The maximum atomic E-state index is 13.5. The van der Waals surface area contributed by atoms with Crippen LogP contribution < -0.4 is 14.4 Å². The molecule has 1 fully saturated rings. The van der Waals surface area contributed by atoms with Crippen molar-refractivity contribution < 1.29 is 32.9 Å². The van der Waals surface area contributed by atoms with Crippen molar-refractivity contribution in [2.24, 2.45) is 0 Å². The van der Waals surface area contributed by atoms with Crippen LogP contribution in [-0.2, 0) is 28.8 Å². The van der Waals surface area contributed by atoms with E-state index < -0.39 is 4.92 Å². The van der Waals surface area contributed by atoms with Crippen LogP contribution in [0.2, 0.25) is 0 Å². The number of benzene rings is 3. The van der Waals surface area contributed by atoms with E-state index in [1.165, 1.54) is 70.0 Å². The molecule has 1 aliphatic carbocycles. The summed E-state index contributed by atoms with van der Waals surface area (Å²) < 4.78 is 24.7. The molecule has 12 heteroatoms. The third kappa shape index (κ3) is 8.01. The number of anilines is 1. The third-order valence-corrected chi connectivity index (χ3v) is 12.9. The highest BCUT2D eigenvalue weighted by Gasteiger charge is 2.43. The van der Waals surface area contributed by atoms with Crippen LogP contribution in [0.5, 0.6) is 11.5 Å². The van der Waals surface area contributed by atoms with Gasteiger partial charge in [0, 0.05) is 73.4 Å². The van der Waals surface area contributed by atoms with Crippen molar-refractivity contribution in [3.05, 3.63) is 158 Å². The van der Waals surface area contributed by atoms with E-state index in [9.17, 15) is 14.9 Å². The monoisotopic (exact) mass is 838 g/mol. The first-order valence-electron chi connectivity index (χ1n) is 21.3. The van der Waals surface area contributed by atoms with Crippen molar-refractivity contribution >= 4 is 29.1 Å². The first-order valence-corrected chi connectivity index (χ1v) is 21.3. The number of amides is 1. The Balaban J connectivity index is 0.993. The summed E-state index contributed by atoms with van der Waals surface area (Å²) in [6.07, 6.45) is 12.0. The first-order chi connectivity index (χ1) is 29.8. The molecule has 1 amide bonds. The van der Waals surface area contributed by atoms with Crippen molar-refractivity contribution in [2.45, 2.75) is 71.0 Å². The zero-order valence-electron chi connectivity index (χ0n) is 36.8. The Hall–Kier alpha value is -6.56. The third-order valence-electron chi connectivity index (χ3n) is 12.9. The van der Waals surface area contributed by atoms with Crippen LogP contribution in [0.1, 0.15) is 69.4 Å². The standard InChI is InChI=1S/C50H56N5O7/c1-49(2)38-15-8-10-17-40(38)51(5)44(49)24-20-35-13-12-14-36(21-25-45-50(3,4)39-16-9-11-18-41(39)52(45)6)47(35)53-27-29-54(30-28-53)48(56)61-32-34-19-23-42(43(31-34)59-7)60-33-37-22-26-46(62-37)55(57)58/h8-11,15-26,31H,12-14,27-30,32-33H2,1-7H3/q+1. The van der Waals surface area contributed by atoms with E-state index >= 15 is 0 Å². The van der Waals surface area contributed by atoms with Crippen LogP contribution in [0.15, 0.2) is 130 Å². The molecule has 1 saturated heterocycles. The van der Waals surface area contributed by atoms with Crippen molar-refractivity contribution in [3.63, 3.8) is 0 Å². The quantitative estimate of drug-likeness (QED) is 0.0828. The number of methoxy groups -OCH3 is 1. The topological polar surface area (TPSA) is 114 Å². The number of allylic oxidation sites excluding steroid dienone is 7. The molecule has 0 atom stereocenters. The lowest BCUT2D eigenvalue weighted by atomic mass is 9.81. The van der Waals surface area contributed by atoms with Gasteiger partial charge in [-0.1, -0.05) is 68.5 Å². The lowest BCUT2D eigenvalue weighted by molar-refractivity contribution is -0.402. The molecule has 8 rings (SSSR count). The number of furan rings is 1. The molecule has 12 nitrogen and oxygen atoms in total. The van der Waals surface area contributed by atoms with Crippen molar-refractivity contribution in [2.75, 3.05) is 52.3 Å². The molecule has 0 bridgehead atoms. The van der Waals surface area contributed by atoms with Gasteiger partial charge in [-0.3, -0.25) is 10.1 Å². The maximum absolute atomic E-state index is 13.5. The molecule has 1 aromatic heterocycles. The number of rotatable bonds is 11. The number of likely N-dealkylation sites (N-methyl/N-ethyl adjacent to an activating group) is 1. The number of nitro groups is 1. The summed E-state index contributed by atoms with van der Waals surface area (Å²) in [5.74, 6) is 0.836. The number of fused-ring (bicyclic) bond motifs is 2. The molecule has 4 aromatic rings. The summed E-state index contributed by atoms with van der Waals surface area (Å²) >= 11 is 0. The average molecular weight is 839 g/mol. The van der Waals surface area contributed by atoms with E-state index in [1.54, 1.807) is 23.1 Å². The number of ether oxygens (including phenoxy) is 3. The number of hydrogen-bond donors (Lipinski definition) is 0. The van der Waals surface area contributed by atoms with Gasteiger partial charge in [-0.2, -0.15) is 4.58 Å². The number of nitrogens with zero attached hydrogens (tertiary/aromatic N) is 5. The Morgan fingerprint density at radius 3 is 2.32 bits per heavy atom. The van der Waals surface area contributed by atoms with E-state index in [1.807, 2.05) is 0 Å². The maximum Gasteiger partial charge on any atom is 0.433 e. The molecule has 4 aliphatic rings. The molecule has 0 saturated carbocycles. The minimum atomic E-state index is -0.596. The molecule has 0 unspecified atom stereocenters. The summed E-state index contributed by atoms with van der Waals surface area (Å²) in [4.78, 5) is 30.5. The van der Waals surface area contributed by atoms with Crippen LogP contribution in [0.3, 0.4) is 0 Å². The summed E-state index contributed by atoms with van der Waals surface area (Å²) in [6, 6.07) is 25.4. The van der Waals surface area contributed by atoms with E-state index in [4.69, 9.17) is 18.6 Å². The molecular weight excluding hydrogens is 783 g/mol. The van der Waals surface area contributed by atoms with Crippen LogP contribution >= 0.6 is 0 Å². The number of para-hydroxylation sites is 2. The predicted molar refractivity (Wildman–Crippen MR) is 240 cm³/mol. The van der Waals surface area contributed by atoms with Gasteiger partial charge in [-0.05, 0) is 85.7 Å². The SMILES string of the molecule is COc1cc(COC(=O)N2CCN(C3=C(/C=C/C4=[N+](C)c5ccccc5C4(C)C)CCC/C3=C\C=C3\N(C)c4ccccc4C3(C)C)CC2)ccc1OCc1ccc([N+](=O)[O-])o1. The summed E-state index contributed by atoms with van der Waals surface area (Å²) in [6.45, 7) is 11.7. The zero-order chi connectivity index (χ0) is 43.8. The smallest absolute Gasteiger partial charge is 0.433 e. The van der Waals surface area contributed by atoms with Crippen molar-refractivity contribution in [1.29, 1.82) is 0 Å². The fraction of sp³-hybridized carbons (Fsp3) is 0.360. The van der Waals surface area contributed by atoms with Crippen molar-refractivity contribution in [3.8, 4) is 11.5 Å². The summed E-state index contributed by atoms with van der Waals surface area (Å²) in [5, 5.41) is 11.0. The number of carbonyl (C=O) groups excluding carboxylic acids is 1. The van der Waals surface area contributed by atoms with Crippen molar-refractivity contribution in [1.82, 2.24) is 9.80 Å². The molecule has 62 heavy (non-hydrogen) atoms. The molecule has 0 spiro atoms. The predicted octanol–water partition coefficient (Wildman–Crippen LogP) is 9.97. The Bertz CT molecular complexity index is 2550. The molecule has 322 valence electrons. The van der Waals surface area contributed by atoms with E-state index in [2.05, 4.69) is 129 Å². The summed E-state index contributed by atoms with van der Waals surface area (Å²) in [5.41, 5.74) is 12.1. The Kier molecular flexibility index (Phi) is 11.6. The van der Waals surface area contributed by atoms with Crippen LogP contribution in [0.4, 0.5) is 22.1 Å². The largest absolute Gasteiger partial charge is 0.493 e. The molecular formula is C50H56N5O7+.